The largest absolute Gasteiger partial charge is 0.487 e. The molecule has 0 saturated carbocycles. The fourth-order valence-electron chi connectivity index (χ4n) is 3.23. The van der Waals surface area contributed by atoms with Gasteiger partial charge in [0.15, 0.2) is 0 Å². The Labute approximate surface area is 149 Å². The number of fused-ring (bicyclic) bond motifs is 2. The van der Waals surface area contributed by atoms with Crippen molar-refractivity contribution in [1.82, 2.24) is 4.98 Å². The maximum absolute atomic E-state index is 12.5. The van der Waals surface area contributed by atoms with Crippen LogP contribution in [0.1, 0.15) is 11.3 Å². The summed E-state index contributed by atoms with van der Waals surface area (Å²) in [6, 6.07) is 15.1. The molecule has 2 aromatic heterocycles. The van der Waals surface area contributed by atoms with Crippen LogP contribution in [0, 0.1) is 13.8 Å². The Morgan fingerprint density at radius 1 is 1.00 bits per heavy atom. The summed E-state index contributed by atoms with van der Waals surface area (Å²) in [5.41, 5.74) is 4.23. The Balaban J connectivity index is 1.87. The summed E-state index contributed by atoms with van der Waals surface area (Å²) < 4.78 is 36.1. The molecule has 26 heavy (non-hydrogen) atoms. The Hall–Kier alpha value is -2.95. The highest BCUT2D eigenvalue weighted by Gasteiger charge is 2.16. The number of ether oxygens (including phenoxy) is 1. The highest BCUT2D eigenvalue weighted by Crippen LogP contribution is 2.36. The molecule has 0 bridgehead atoms. The van der Waals surface area contributed by atoms with E-state index in [1.54, 1.807) is 6.07 Å². The lowest BCUT2D eigenvalue weighted by atomic mass is 10.0. The molecule has 2 aromatic carbocycles. The minimum absolute atomic E-state index is 0.415. The lowest BCUT2D eigenvalue weighted by Gasteiger charge is -2.11. The van der Waals surface area contributed by atoms with Gasteiger partial charge >= 0.3 is 0 Å². The average Bonchev–Trinajstić information content (AvgIpc) is 2.96. The van der Waals surface area contributed by atoms with Gasteiger partial charge in [-0.25, -0.2) is 13.8 Å². The molecule has 0 radical (unpaired) electrons. The van der Waals surface area contributed by atoms with Crippen LogP contribution in [0.25, 0.3) is 33.1 Å². The number of aromatic nitrogens is 1. The van der Waals surface area contributed by atoms with E-state index in [0.717, 1.165) is 44.5 Å². The van der Waals surface area contributed by atoms with E-state index in [1.807, 2.05) is 56.3 Å². The number of hydrogen-bond acceptors (Lipinski definition) is 3. The number of aryl methyl sites for hydroxylation is 2. The predicted molar refractivity (Wildman–Crippen MR) is 97.9 cm³/mol. The molecule has 0 saturated heterocycles. The maximum Gasteiger partial charge on any atom is 0.272 e. The first-order chi connectivity index (χ1) is 12.5. The molecule has 132 valence electrons. The molecule has 0 N–H and O–H groups in total. The van der Waals surface area contributed by atoms with Crippen molar-refractivity contribution in [1.29, 1.82) is 0 Å². The van der Waals surface area contributed by atoms with Crippen LogP contribution >= 0.6 is 0 Å². The number of furan rings is 1. The molecule has 0 amide bonds. The quantitative estimate of drug-likeness (QED) is 0.457. The van der Waals surface area contributed by atoms with E-state index in [1.165, 1.54) is 0 Å². The highest BCUT2D eigenvalue weighted by molar-refractivity contribution is 5.97. The molecule has 0 unspecified atom stereocenters. The summed E-state index contributed by atoms with van der Waals surface area (Å²) in [7, 11) is 0. The second-order valence-corrected chi connectivity index (χ2v) is 6.20. The van der Waals surface area contributed by atoms with Gasteiger partial charge < -0.3 is 9.15 Å². The van der Waals surface area contributed by atoms with Gasteiger partial charge in [-0.2, -0.15) is 0 Å². The first kappa shape index (κ1) is 16.5. The second-order valence-electron chi connectivity index (χ2n) is 6.20. The zero-order valence-electron chi connectivity index (χ0n) is 14.4. The molecule has 0 atom stereocenters. The van der Waals surface area contributed by atoms with Gasteiger partial charge in [-0.3, -0.25) is 0 Å². The van der Waals surface area contributed by atoms with Crippen LogP contribution in [0.4, 0.5) is 8.78 Å². The van der Waals surface area contributed by atoms with Gasteiger partial charge in [-0.15, -0.1) is 0 Å². The minimum Gasteiger partial charge on any atom is -0.487 e. The van der Waals surface area contributed by atoms with Gasteiger partial charge in [-0.1, -0.05) is 24.3 Å². The number of pyridine rings is 1. The van der Waals surface area contributed by atoms with Crippen molar-refractivity contribution in [2.75, 3.05) is 6.61 Å². The fourth-order valence-corrected chi connectivity index (χ4v) is 3.23. The lowest BCUT2D eigenvalue weighted by molar-refractivity contribution is 0.0826. The average molecular weight is 353 g/mol. The molecule has 0 fully saturated rings. The highest BCUT2D eigenvalue weighted by atomic mass is 19.3. The number of benzene rings is 2. The van der Waals surface area contributed by atoms with Crippen LogP contribution in [-0.2, 0) is 0 Å². The van der Waals surface area contributed by atoms with Crippen LogP contribution < -0.4 is 4.74 Å². The molecule has 0 aliphatic carbocycles. The van der Waals surface area contributed by atoms with E-state index >= 15 is 0 Å². The van der Waals surface area contributed by atoms with Crippen LogP contribution in [0.3, 0.4) is 0 Å². The van der Waals surface area contributed by atoms with Gasteiger partial charge in [0.05, 0.1) is 11.2 Å². The third-order valence-corrected chi connectivity index (χ3v) is 4.41. The summed E-state index contributed by atoms with van der Waals surface area (Å²) in [6.45, 7) is 3.22. The monoisotopic (exact) mass is 353 g/mol. The fraction of sp³-hybridized carbons (Fsp3) is 0.190. The number of hydrogen-bond donors (Lipinski definition) is 0. The molecule has 2 heterocycles. The third kappa shape index (κ3) is 2.79. The number of nitrogens with zero attached hydrogens (tertiary/aromatic N) is 1. The van der Waals surface area contributed by atoms with E-state index in [0.29, 0.717) is 5.75 Å². The van der Waals surface area contributed by atoms with Crippen molar-refractivity contribution in [2.24, 2.45) is 0 Å². The minimum atomic E-state index is -2.52. The predicted octanol–water partition coefficient (Wildman–Crippen LogP) is 5.91. The molecular weight excluding hydrogens is 336 g/mol. The molecule has 0 aliphatic heterocycles. The summed E-state index contributed by atoms with van der Waals surface area (Å²) in [5, 5.41) is 1.72. The summed E-state index contributed by atoms with van der Waals surface area (Å²) in [5.74, 6) is 1.21. The van der Waals surface area contributed by atoms with E-state index in [-0.39, 0.29) is 0 Å². The zero-order chi connectivity index (χ0) is 18.3. The van der Waals surface area contributed by atoms with Gasteiger partial charge in [0.2, 0.25) is 0 Å². The Kier molecular flexibility index (Phi) is 4.07. The SMILES string of the molecule is Cc1oc2ccccc2c1-c1ccc2c(OCC(F)F)ccc(C)c2n1. The number of halogens is 2. The van der Waals surface area contributed by atoms with Crippen molar-refractivity contribution in [3.05, 3.63) is 59.9 Å². The van der Waals surface area contributed by atoms with Gasteiger partial charge in [0, 0.05) is 16.3 Å². The van der Waals surface area contributed by atoms with E-state index in [9.17, 15) is 8.78 Å². The van der Waals surface area contributed by atoms with Crippen LogP contribution in [0.5, 0.6) is 5.75 Å². The Morgan fingerprint density at radius 3 is 2.62 bits per heavy atom. The van der Waals surface area contributed by atoms with Crippen molar-refractivity contribution in [2.45, 2.75) is 20.3 Å². The van der Waals surface area contributed by atoms with Crippen LogP contribution in [0.2, 0.25) is 0 Å². The number of para-hydroxylation sites is 1. The number of alkyl halides is 2. The Bertz CT molecular complexity index is 1100. The van der Waals surface area contributed by atoms with Crippen molar-refractivity contribution >= 4 is 21.9 Å². The molecule has 4 rings (SSSR count). The molecule has 3 nitrogen and oxygen atoms in total. The van der Waals surface area contributed by atoms with Gasteiger partial charge in [0.25, 0.3) is 6.43 Å². The molecule has 5 heteroatoms. The van der Waals surface area contributed by atoms with E-state index in [4.69, 9.17) is 14.1 Å². The van der Waals surface area contributed by atoms with Crippen LogP contribution in [-0.4, -0.2) is 18.0 Å². The summed E-state index contributed by atoms with van der Waals surface area (Å²) in [6.07, 6.45) is -2.52. The standard InChI is InChI=1S/C21H17F2NO2/c1-12-7-10-17(25-11-19(22)23)15-8-9-16(24-21(12)15)20-13(2)26-18-6-4-3-5-14(18)20/h3-10,19H,11H2,1-2H3. The van der Waals surface area contributed by atoms with Gasteiger partial charge in [-0.05, 0) is 43.7 Å². The zero-order valence-corrected chi connectivity index (χ0v) is 14.4. The van der Waals surface area contributed by atoms with Crippen molar-refractivity contribution < 1.29 is 17.9 Å². The molecule has 0 spiro atoms. The van der Waals surface area contributed by atoms with Crippen molar-refractivity contribution in [3.8, 4) is 17.0 Å². The van der Waals surface area contributed by atoms with Crippen LogP contribution in [0.15, 0.2) is 52.9 Å². The lowest BCUT2D eigenvalue weighted by Crippen LogP contribution is -2.07. The van der Waals surface area contributed by atoms with E-state index in [2.05, 4.69) is 0 Å². The van der Waals surface area contributed by atoms with Crippen molar-refractivity contribution in [3.63, 3.8) is 0 Å². The Morgan fingerprint density at radius 2 is 1.81 bits per heavy atom. The second kappa shape index (κ2) is 6.41. The topological polar surface area (TPSA) is 35.3 Å². The normalized spacial score (nSPS) is 11.6. The molecule has 0 aliphatic rings. The summed E-state index contributed by atoms with van der Waals surface area (Å²) in [4.78, 5) is 4.79. The molecular formula is C21H17F2NO2. The maximum atomic E-state index is 12.5. The first-order valence-corrected chi connectivity index (χ1v) is 8.34. The number of rotatable bonds is 4. The third-order valence-electron chi connectivity index (χ3n) is 4.41. The molecule has 4 aromatic rings. The first-order valence-electron chi connectivity index (χ1n) is 8.34. The summed E-state index contributed by atoms with van der Waals surface area (Å²) >= 11 is 0. The van der Waals surface area contributed by atoms with E-state index < -0.39 is 13.0 Å². The smallest absolute Gasteiger partial charge is 0.272 e. The van der Waals surface area contributed by atoms with Gasteiger partial charge in [0.1, 0.15) is 23.7 Å².